The monoisotopic (exact) mass is 237 g/mol. The predicted molar refractivity (Wildman–Crippen MR) is 64.8 cm³/mol. The molecule has 6 nitrogen and oxygen atoms in total. The van der Waals surface area contributed by atoms with Crippen LogP contribution in [0.1, 0.15) is 10.4 Å². The van der Waals surface area contributed by atoms with Gasteiger partial charge in [-0.2, -0.15) is 0 Å². The molecule has 0 bridgehead atoms. The van der Waals surface area contributed by atoms with Crippen LogP contribution in [0, 0.1) is 0 Å². The molecule has 0 aliphatic rings. The van der Waals surface area contributed by atoms with Crippen molar-refractivity contribution in [2.45, 2.75) is 0 Å². The summed E-state index contributed by atoms with van der Waals surface area (Å²) >= 11 is 0. The van der Waals surface area contributed by atoms with Crippen LogP contribution in [-0.4, -0.2) is 32.6 Å². The molecule has 0 aromatic heterocycles. The fourth-order valence-electron chi connectivity index (χ4n) is 1.27. The Morgan fingerprint density at radius 2 is 2.12 bits per heavy atom. The van der Waals surface area contributed by atoms with Crippen molar-refractivity contribution in [2.75, 3.05) is 31.8 Å². The van der Waals surface area contributed by atoms with E-state index in [1.54, 1.807) is 18.2 Å². The summed E-state index contributed by atoms with van der Waals surface area (Å²) in [7, 11) is 2.82. The van der Waals surface area contributed by atoms with Crippen LogP contribution in [0.3, 0.4) is 0 Å². The number of ether oxygens (including phenoxy) is 1. The molecular weight excluding hydrogens is 222 g/mol. The lowest BCUT2D eigenvalue weighted by molar-refractivity contribution is -0.118. The summed E-state index contributed by atoms with van der Waals surface area (Å²) in [6.07, 6.45) is 0. The van der Waals surface area contributed by atoms with E-state index in [0.29, 0.717) is 5.69 Å². The number of methoxy groups -OCH3 is 1. The molecule has 0 radical (unpaired) electrons. The highest BCUT2D eigenvalue weighted by atomic mass is 16.5. The van der Waals surface area contributed by atoms with Gasteiger partial charge in [0.05, 0.1) is 30.6 Å². The van der Waals surface area contributed by atoms with Crippen molar-refractivity contribution in [1.82, 2.24) is 5.32 Å². The van der Waals surface area contributed by atoms with E-state index < -0.39 is 5.97 Å². The van der Waals surface area contributed by atoms with Gasteiger partial charge >= 0.3 is 5.97 Å². The van der Waals surface area contributed by atoms with Crippen LogP contribution in [0.5, 0.6) is 0 Å². The molecule has 0 fully saturated rings. The topological polar surface area (TPSA) is 93.5 Å². The van der Waals surface area contributed by atoms with Crippen LogP contribution in [0.15, 0.2) is 18.2 Å². The Labute approximate surface area is 99.1 Å². The molecule has 1 rings (SSSR count). The molecule has 0 saturated heterocycles. The van der Waals surface area contributed by atoms with Crippen LogP contribution in [0.4, 0.5) is 11.4 Å². The smallest absolute Gasteiger partial charge is 0.340 e. The number of nitrogens with two attached hydrogens (primary N) is 1. The second kappa shape index (κ2) is 5.74. The Morgan fingerprint density at radius 3 is 2.71 bits per heavy atom. The van der Waals surface area contributed by atoms with E-state index in [9.17, 15) is 9.59 Å². The first-order valence-corrected chi connectivity index (χ1v) is 5.01. The number of anilines is 2. The van der Waals surface area contributed by atoms with Crippen LogP contribution in [0.2, 0.25) is 0 Å². The second-order valence-electron chi connectivity index (χ2n) is 3.29. The molecule has 1 aromatic carbocycles. The number of nitrogens with one attached hydrogen (secondary N) is 2. The molecule has 1 aromatic rings. The second-order valence-corrected chi connectivity index (χ2v) is 3.29. The van der Waals surface area contributed by atoms with Gasteiger partial charge in [-0.1, -0.05) is 6.07 Å². The van der Waals surface area contributed by atoms with Crippen molar-refractivity contribution < 1.29 is 14.3 Å². The van der Waals surface area contributed by atoms with Gasteiger partial charge in [0.1, 0.15) is 0 Å². The van der Waals surface area contributed by atoms with Gasteiger partial charge in [-0.25, -0.2) is 4.79 Å². The summed E-state index contributed by atoms with van der Waals surface area (Å²) < 4.78 is 4.59. The standard InChI is InChI=1S/C11H15N3O3/c1-13-9(15)6-14-8-5-3-4-7(10(8)12)11(16)17-2/h3-5,14H,6,12H2,1-2H3,(H,13,15). The lowest BCUT2D eigenvalue weighted by Gasteiger charge is -2.11. The number of amides is 1. The van der Waals surface area contributed by atoms with E-state index in [4.69, 9.17) is 5.73 Å². The Balaban J connectivity index is 2.87. The van der Waals surface area contributed by atoms with Gasteiger partial charge in [-0.15, -0.1) is 0 Å². The number of para-hydroxylation sites is 1. The Morgan fingerprint density at radius 1 is 1.41 bits per heavy atom. The summed E-state index contributed by atoms with van der Waals surface area (Å²) in [6, 6.07) is 4.91. The number of benzene rings is 1. The van der Waals surface area contributed by atoms with Crippen molar-refractivity contribution in [3.8, 4) is 0 Å². The number of rotatable bonds is 4. The van der Waals surface area contributed by atoms with E-state index >= 15 is 0 Å². The van der Waals surface area contributed by atoms with Crippen LogP contribution >= 0.6 is 0 Å². The Bertz CT molecular complexity index is 432. The lowest BCUT2D eigenvalue weighted by Crippen LogP contribution is -2.26. The van der Waals surface area contributed by atoms with Gasteiger partial charge in [-0.3, -0.25) is 4.79 Å². The summed E-state index contributed by atoms with van der Waals surface area (Å²) in [6.45, 7) is 0.0886. The number of hydrogen-bond donors (Lipinski definition) is 3. The van der Waals surface area contributed by atoms with Crippen molar-refractivity contribution in [3.05, 3.63) is 23.8 Å². The van der Waals surface area contributed by atoms with E-state index in [2.05, 4.69) is 15.4 Å². The minimum atomic E-state index is -0.508. The molecule has 6 heteroatoms. The first-order valence-electron chi connectivity index (χ1n) is 5.01. The summed E-state index contributed by atoms with van der Waals surface area (Å²) in [5.74, 6) is -0.682. The third-order valence-electron chi connectivity index (χ3n) is 2.23. The molecular formula is C11H15N3O3. The lowest BCUT2D eigenvalue weighted by atomic mass is 10.1. The molecule has 0 atom stereocenters. The molecule has 0 spiro atoms. The summed E-state index contributed by atoms with van der Waals surface area (Å²) in [5.41, 5.74) is 6.86. The van der Waals surface area contributed by atoms with Crippen LogP contribution in [-0.2, 0) is 9.53 Å². The Kier molecular flexibility index (Phi) is 4.33. The van der Waals surface area contributed by atoms with Crippen LogP contribution in [0.25, 0.3) is 0 Å². The van der Waals surface area contributed by atoms with Gasteiger partial charge in [0.25, 0.3) is 0 Å². The Hall–Kier alpha value is -2.24. The number of nitrogen functional groups attached to an aromatic ring is 1. The number of esters is 1. The quantitative estimate of drug-likeness (QED) is 0.514. The van der Waals surface area contributed by atoms with Crippen LogP contribution < -0.4 is 16.4 Å². The largest absolute Gasteiger partial charge is 0.465 e. The van der Waals surface area contributed by atoms with Gasteiger partial charge in [0.15, 0.2) is 0 Å². The molecule has 0 unspecified atom stereocenters. The van der Waals surface area contributed by atoms with E-state index in [0.717, 1.165) is 0 Å². The van der Waals surface area contributed by atoms with Crippen molar-refractivity contribution >= 4 is 23.3 Å². The minimum absolute atomic E-state index is 0.0886. The van der Waals surface area contributed by atoms with Crippen molar-refractivity contribution in [3.63, 3.8) is 0 Å². The zero-order valence-corrected chi connectivity index (χ0v) is 9.74. The number of carbonyl (C=O) groups excluding carboxylic acids is 2. The highest BCUT2D eigenvalue weighted by Crippen LogP contribution is 2.22. The molecule has 4 N–H and O–H groups in total. The van der Waals surface area contributed by atoms with E-state index in [1.807, 2.05) is 0 Å². The first-order chi connectivity index (χ1) is 8.10. The first kappa shape index (κ1) is 12.8. The maximum atomic E-state index is 11.4. The molecule has 92 valence electrons. The SMILES string of the molecule is CNC(=O)CNc1cccc(C(=O)OC)c1N. The molecule has 0 aliphatic heterocycles. The van der Waals surface area contributed by atoms with E-state index in [1.165, 1.54) is 14.2 Å². The third kappa shape index (κ3) is 3.10. The van der Waals surface area contributed by atoms with Crippen molar-refractivity contribution in [1.29, 1.82) is 0 Å². The van der Waals surface area contributed by atoms with Gasteiger partial charge in [0, 0.05) is 7.05 Å². The zero-order chi connectivity index (χ0) is 12.8. The molecule has 0 saturated carbocycles. The van der Waals surface area contributed by atoms with Gasteiger partial charge in [0.2, 0.25) is 5.91 Å². The summed E-state index contributed by atoms with van der Waals surface area (Å²) in [5, 5.41) is 5.31. The summed E-state index contributed by atoms with van der Waals surface area (Å²) in [4.78, 5) is 22.4. The average molecular weight is 237 g/mol. The maximum absolute atomic E-state index is 11.4. The molecule has 0 aliphatic carbocycles. The third-order valence-corrected chi connectivity index (χ3v) is 2.23. The zero-order valence-electron chi connectivity index (χ0n) is 9.74. The molecule has 17 heavy (non-hydrogen) atoms. The van der Waals surface area contributed by atoms with E-state index in [-0.39, 0.29) is 23.7 Å². The average Bonchev–Trinajstić information content (AvgIpc) is 2.36. The predicted octanol–water partition coefficient (Wildman–Crippen LogP) is 0.213. The normalized spacial score (nSPS) is 9.53. The fourth-order valence-corrected chi connectivity index (χ4v) is 1.27. The molecule has 1 amide bonds. The highest BCUT2D eigenvalue weighted by Gasteiger charge is 2.12. The fraction of sp³-hybridized carbons (Fsp3) is 0.273. The number of hydrogen-bond acceptors (Lipinski definition) is 5. The van der Waals surface area contributed by atoms with Crippen molar-refractivity contribution in [2.24, 2.45) is 0 Å². The number of carbonyl (C=O) groups is 2. The van der Waals surface area contributed by atoms with Gasteiger partial charge in [-0.05, 0) is 12.1 Å². The minimum Gasteiger partial charge on any atom is -0.465 e. The molecule has 0 heterocycles. The van der Waals surface area contributed by atoms with Gasteiger partial charge < -0.3 is 21.1 Å². The maximum Gasteiger partial charge on any atom is 0.340 e. The highest BCUT2D eigenvalue weighted by molar-refractivity contribution is 5.98. The number of likely N-dealkylation sites (N-methyl/N-ethyl adjacent to an activating group) is 1.